The van der Waals surface area contributed by atoms with E-state index in [1.807, 2.05) is 19.1 Å². The van der Waals surface area contributed by atoms with Gasteiger partial charge in [-0.2, -0.15) is 9.97 Å². The first-order chi connectivity index (χ1) is 10.9. The van der Waals surface area contributed by atoms with Gasteiger partial charge in [0.05, 0.1) is 4.92 Å². The second-order valence-electron chi connectivity index (χ2n) is 4.63. The fraction of sp³-hybridized carbons (Fsp3) is 0.154. The van der Waals surface area contributed by atoms with Crippen molar-refractivity contribution in [1.29, 1.82) is 0 Å². The van der Waals surface area contributed by atoms with Crippen LogP contribution in [0.5, 0.6) is 0 Å². The summed E-state index contributed by atoms with van der Waals surface area (Å²) < 4.78 is 0. The van der Waals surface area contributed by atoms with Gasteiger partial charge in [0.25, 0.3) is 0 Å². The van der Waals surface area contributed by atoms with Gasteiger partial charge in [-0.1, -0.05) is 17.7 Å². The Balaban J connectivity index is 2.38. The topological polar surface area (TPSA) is 156 Å². The highest BCUT2D eigenvalue weighted by Crippen LogP contribution is 2.31. The molecule has 0 unspecified atom stereocenters. The van der Waals surface area contributed by atoms with Crippen molar-refractivity contribution in [3.05, 3.63) is 39.9 Å². The van der Waals surface area contributed by atoms with E-state index < -0.39 is 23.1 Å². The summed E-state index contributed by atoms with van der Waals surface area (Å²) >= 11 is 0. The number of hydrogen-bond donors (Lipinski definition) is 4. The van der Waals surface area contributed by atoms with Gasteiger partial charge in [-0.3, -0.25) is 14.9 Å². The molecule has 5 N–H and O–H groups in total. The molecule has 0 amide bonds. The number of nitrogens with zero attached hydrogens (tertiary/aromatic N) is 3. The number of anilines is 4. The van der Waals surface area contributed by atoms with E-state index in [0.29, 0.717) is 5.69 Å². The lowest BCUT2D eigenvalue weighted by molar-refractivity contribution is -0.383. The van der Waals surface area contributed by atoms with Crippen molar-refractivity contribution in [2.75, 3.05) is 22.9 Å². The SMILES string of the molecule is Cc1ccc(Nc2nc(NCC(=O)O)nc(N)c2[N+](=O)[O-])cc1. The minimum absolute atomic E-state index is 0.120. The maximum Gasteiger partial charge on any atom is 0.353 e. The van der Waals surface area contributed by atoms with Crippen LogP contribution in [0.2, 0.25) is 0 Å². The highest BCUT2D eigenvalue weighted by Gasteiger charge is 2.23. The van der Waals surface area contributed by atoms with E-state index >= 15 is 0 Å². The number of aliphatic carboxylic acids is 1. The Kier molecular flexibility index (Phi) is 4.55. The quantitative estimate of drug-likeness (QED) is 0.457. The molecule has 0 fully saturated rings. The summed E-state index contributed by atoms with van der Waals surface area (Å²) in [5.41, 5.74) is 6.70. The Morgan fingerprint density at radius 1 is 1.35 bits per heavy atom. The molecule has 1 aromatic carbocycles. The molecular weight excluding hydrogens is 304 g/mol. The number of nitrogens with one attached hydrogen (secondary N) is 2. The van der Waals surface area contributed by atoms with Crippen molar-refractivity contribution in [2.24, 2.45) is 0 Å². The zero-order chi connectivity index (χ0) is 17.0. The molecule has 0 aliphatic carbocycles. The van der Waals surface area contributed by atoms with Crippen LogP contribution in [0.25, 0.3) is 0 Å². The van der Waals surface area contributed by atoms with E-state index in [2.05, 4.69) is 20.6 Å². The Labute approximate surface area is 130 Å². The summed E-state index contributed by atoms with van der Waals surface area (Å²) in [6, 6.07) is 7.09. The maximum atomic E-state index is 11.2. The molecule has 10 heteroatoms. The van der Waals surface area contributed by atoms with Gasteiger partial charge in [0.15, 0.2) is 0 Å². The maximum absolute atomic E-state index is 11.2. The summed E-state index contributed by atoms with van der Waals surface area (Å²) in [7, 11) is 0. The third kappa shape index (κ3) is 4.03. The molecule has 0 saturated carbocycles. The van der Waals surface area contributed by atoms with Gasteiger partial charge < -0.3 is 21.5 Å². The fourth-order valence-electron chi connectivity index (χ4n) is 1.75. The van der Waals surface area contributed by atoms with Crippen molar-refractivity contribution in [3.8, 4) is 0 Å². The van der Waals surface area contributed by atoms with Crippen LogP contribution in [0.4, 0.5) is 29.0 Å². The number of carbonyl (C=O) groups is 1. The Morgan fingerprint density at radius 3 is 2.57 bits per heavy atom. The van der Waals surface area contributed by atoms with Gasteiger partial charge in [0, 0.05) is 5.69 Å². The van der Waals surface area contributed by atoms with Gasteiger partial charge in [-0.15, -0.1) is 0 Å². The lowest BCUT2D eigenvalue weighted by atomic mass is 10.2. The molecular formula is C13H14N6O4. The molecule has 23 heavy (non-hydrogen) atoms. The summed E-state index contributed by atoms with van der Waals surface area (Å²) in [6.07, 6.45) is 0. The van der Waals surface area contributed by atoms with Gasteiger partial charge in [-0.05, 0) is 19.1 Å². The summed E-state index contributed by atoms with van der Waals surface area (Å²) in [5.74, 6) is -1.74. The molecule has 0 saturated heterocycles. The first kappa shape index (κ1) is 15.9. The number of carboxylic acid groups (broad SMARTS) is 1. The lowest BCUT2D eigenvalue weighted by Gasteiger charge is -2.10. The number of carboxylic acids is 1. The highest BCUT2D eigenvalue weighted by molar-refractivity contribution is 5.76. The number of nitrogen functional groups attached to an aromatic ring is 1. The zero-order valence-electron chi connectivity index (χ0n) is 12.1. The third-order valence-corrected chi connectivity index (χ3v) is 2.81. The van der Waals surface area contributed by atoms with Crippen molar-refractivity contribution in [3.63, 3.8) is 0 Å². The third-order valence-electron chi connectivity index (χ3n) is 2.81. The van der Waals surface area contributed by atoms with Gasteiger partial charge in [0.2, 0.25) is 17.6 Å². The minimum atomic E-state index is -1.13. The van der Waals surface area contributed by atoms with Crippen LogP contribution < -0.4 is 16.4 Å². The lowest BCUT2D eigenvalue weighted by Crippen LogP contribution is -2.16. The van der Waals surface area contributed by atoms with Crippen LogP contribution in [0.1, 0.15) is 5.56 Å². The van der Waals surface area contributed by atoms with Gasteiger partial charge >= 0.3 is 11.7 Å². The van der Waals surface area contributed by atoms with E-state index in [4.69, 9.17) is 10.8 Å². The Morgan fingerprint density at radius 2 is 2.00 bits per heavy atom. The first-order valence-electron chi connectivity index (χ1n) is 6.48. The standard InChI is InChI=1S/C13H14N6O4/c1-7-2-4-8(5-3-7)16-12-10(19(22)23)11(14)17-13(18-12)15-6-9(20)21/h2-5H,6H2,1H3,(H,20,21)(H4,14,15,16,17,18). The average Bonchev–Trinajstić information content (AvgIpc) is 2.46. The highest BCUT2D eigenvalue weighted by atomic mass is 16.6. The molecule has 120 valence electrons. The predicted molar refractivity (Wildman–Crippen MR) is 83.7 cm³/mol. The molecule has 0 atom stereocenters. The van der Waals surface area contributed by atoms with Crippen LogP contribution >= 0.6 is 0 Å². The van der Waals surface area contributed by atoms with E-state index in [1.165, 1.54) is 0 Å². The fourth-order valence-corrected chi connectivity index (χ4v) is 1.75. The number of rotatable bonds is 6. The number of benzene rings is 1. The van der Waals surface area contributed by atoms with E-state index in [1.54, 1.807) is 12.1 Å². The van der Waals surface area contributed by atoms with Crippen molar-refractivity contribution < 1.29 is 14.8 Å². The Hall–Kier alpha value is -3.43. The molecule has 10 nitrogen and oxygen atoms in total. The van der Waals surface area contributed by atoms with Crippen LogP contribution in [-0.2, 0) is 4.79 Å². The van der Waals surface area contributed by atoms with E-state index in [0.717, 1.165) is 5.56 Å². The van der Waals surface area contributed by atoms with E-state index in [9.17, 15) is 14.9 Å². The number of aryl methyl sites for hydroxylation is 1. The number of nitro groups is 1. The molecule has 0 radical (unpaired) electrons. The van der Waals surface area contributed by atoms with Crippen molar-refractivity contribution in [1.82, 2.24) is 9.97 Å². The minimum Gasteiger partial charge on any atom is -0.480 e. The predicted octanol–water partition coefficient (Wildman–Crippen LogP) is 1.52. The molecule has 0 spiro atoms. The molecule has 0 aliphatic rings. The van der Waals surface area contributed by atoms with Crippen molar-refractivity contribution in [2.45, 2.75) is 6.92 Å². The molecule has 0 bridgehead atoms. The van der Waals surface area contributed by atoms with Gasteiger partial charge in [0.1, 0.15) is 6.54 Å². The van der Waals surface area contributed by atoms with Gasteiger partial charge in [-0.25, -0.2) is 0 Å². The zero-order valence-corrected chi connectivity index (χ0v) is 12.1. The number of hydrogen-bond acceptors (Lipinski definition) is 8. The van der Waals surface area contributed by atoms with E-state index in [-0.39, 0.29) is 17.6 Å². The van der Waals surface area contributed by atoms with Crippen LogP contribution in [-0.4, -0.2) is 32.5 Å². The van der Waals surface area contributed by atoms with Crippen LogP contribution in [0, 0.1) is 17.0 Å². The number of nitrogens with two attached hydrogens (primary N) is 1. The average molecular weight is 318 g/mol. The monoisotopic (exact) mass is 318 g/mol. The summed E-state index contributed by atoms with van der Waals surface area (Å²) in [6.45, 7) is 1.46. The van der Waals surface area contributed by atoms with Crippen molar-refractivity contribution >= 4 is 34.9 Å². The summed E-state index contributed by atoms with van der Waals surface area (Å²) in [5, 5.41) is 25.0. The second-order valence-corrected chi connectivity index (χ2v) is 4.63. The number of aromatic nitrogens is 2. The van der Waals surface area contributed by atoms with Crippen LogP contribution in [0.3, 0.4) is 0 Å². The molecule has 0 aliphatic heterocycles. The molecule has 1 aromatic heterocycles. The van der Waals surface area contributed by atoms with Crippen LogP contribution in [0.15, 0.2) is 24.3 Å². The largest absolute Gasteiger partial charge is 0.480 e. The molecule has 2 rings (SSSR count). The first-order valence-corrected chi connectivity index (χ1v) is 6.48. The second kappa shape index (κ2) is 6.56. The normalized spacial score (nSPS) is 10.1. The Bertz CT molecular complexity index is 747. The summed E-state index contributed by atoms with van der Waals surface area (Å²) in [4.78, 5) is 28.6. The molecule has 1 heterocycles. The molecule has 2 aromatic rings. The smallest absolute Gasteiger partial charge is 0.353 e.